The molecule has 0 aromatic heterocycles. The van der Waals surface area contributed by atoms with Crippen LogP contribution in [0.5, 0.6) is 0 Å². The lowest BCUT2D eigenvalue weighted by Crippen LogP contribution is -2.25. The number of hydrogen-bond acceptors (Lipinski definition) is 1. The van der Waals surface area contributed by atoms with Crippen LogP contribution >= 0.6 is 0 Å². The summed E-state index contributed by atoms with van der Waals surface area (Å²) in [5.41, 5.74) is 7.37. The molecule has 0 fully saturated rings. The molecule has 0 bridgehead atoms. The number of nitrogens with zero attached hydrogens (tertiary/aromatic N) is 1. The smallest absolute Gasteiger partial charge is 0.0413 e. The number of fused-ring (bicyclic) bond motifs is 2. The van der Waals surface area contributed by atoms with E-state index in [0.29, 0.717) is 6.04 Å². The minimum Gasteiger partial charge on any atom is -0.339 e. The minimum absolute atomic E-state index is 0.336. The van der Waals surface area contributed by atoms with Gasteiger partial charge in [0.25, 0.3) is 0 Å². The van der Waals surface area contributed by atoms with Crippen LogP contribution in [0.3, 0.4) is 0 Å². The van der Waals surface area contributed by atoms with Gasteiger partial charge in [-0.1, -0.05) is 97.1 Å². The highest BCUT2D eigenvalue weighted by molar-refractivity contribution is 5.88. The molecule has 0 aliphatic rings. The molecule has 6 aromatic carbocycles. The Morgan fingerprint density at radius 3 is 1.14 bits per heavy atom. The predicted molar refractivity (Wildman–Crippen MR) is 156 cm³/mol. The van der Waals surface area contributed by atoms with Crippen molar-refractivity contribution in [2.45, 2.75) is 19.9 Å². The lowest BCUT2D eigenvalue weighted by atomic mass is 10.00. The van der Waals surface area contributed by atoms with E-state index in [0.717, 1.165) is 0 Å². The highest BCUT2D eigenvalue weighted by Gasteiger charge is 2.14. The summed E-state index contributed by atoms with van der Waals surface area (Å²) >= 11 is 0. The van der Waals surface area contributed by atoms with Crippen molar-refractivity contribution < 1.29 is 0 Å². The maximum absolute atomic E-state index is 2.40. The maximum Gasteiger partial charge on any atom is 0.0413 e. The third-order valence-corrected chi connectivity index (χ3v) is 6.97. The van der Waals surface area contributed by atoms with Gasteiger partial charge in [0.1, 0.15) is 0 Å². The van der Waals surface area contributed by atoms with Gasteiger partial charge in [0.2, 0.25) is 0 Å². The first-order chi connectivity index (χ1) is 17.7. The highest BCUT2D eigenvalue weighted by atomic mass is 15.2. The van der Waals surface area contributed by atoms with Crippen LogP contribution in [0.25, 0.3) is 43.8 Å². The summed E-state index contributed by atoms with van der Waals surface area (Å²) in [6.07, 6.45) is 0. The first-order valence-electron chi connectivity index (χ1n) is 12.6. The molecular formula is C35H29N. The highest BCUT2D eigenvalue weighted by Crippen LogP contribution is 2.33. The summed E-state index contributed by atoms with van der Waals surface area (Å²) in [5, 5.41) is 5.09. The number of anilines is 2. The average molecular weight is 464 g/mol. The van der Waals surface area contributed by atoms with Crippen LogP contribution in [-0.4, -0.2) is 6.04 Å². The quantitative estimate of drug-likeness (QED) is 0.246. The van der Waals surface area contributed by atoms with E-state index in [1.165, 1.54) is 55.2 Å². The molecule has 174 valence electrons. The lowest BCUT2D eigenvalue weighted by Gasteiger charge is -2.29. The predicted octanol–water partition coefficient (Wildman–Crippen LogP) is 9.87. The standard InChI is InChI=1S/C35H29N/c1-25(2)36(34-19-15-28(16-20-34)32-13-11-26-7-3-5-9-30(26)23-32)35-21-17-29(18-22-35)33-14-12-27-8-4-6-10-31(27)24-33/h3-25H,1-2H3. The third-order valence-electron chi connectivity index (χ3n) is 6.97. The lowest BCUT2D eigenvalue weighted by molar-refractivity contribution is 0.789. The Kier molecular flexibility index (Phi) is 5.75. The Bertz CT molecular complexity index is 1520. The third kappa shape index (κ3) is 4.25. The Morgan fingerprint density at radius 2 is 0.750 bits per heavy atom. The molecule has 0 heterocycles. The molecule has 0 atom stereocenters. The van der Waals surface area contributed by atoms with E-state index in [1.54, 1.807) is 0 Å². The van der Waals surface area contributed by atoms with Gasteiger partial charge < -0.3 is 4.90 Å². The zero-order valence-corrected chi connectivity index (χ0v) is 20.7. The molecule has 0 unspecified atom stereocenters. The topological polar surface area (TPSA) is 3.24 Å². The first kappa shape index (κ1) is 22.1. The van der Waals surface area contributed by atoms with Crippen LogP contribution < -0.4 is 4.90 Å². The monoisotopic (exact) mass is 463 g/mol. The van der Waals surface area contributed by atoms with Gasteiger partial charge in [0.05, 0.1) is 0 Å². The molecular weight excluding hydrogens is 434 g/mol. The van der Waals surface area contributed by atoms with Crippen molar-refractivity contribution in [1.82, 2.24) is 0 Å². The Balaban J connectivity index is 1.28. The van der Waals surface area contributed by atoms with E-state index in [-0.39, 0.29) is 0 Å². The van der Waals surface area contributed by atoms with Gasteiger partial charge in [0.15, 0.2) is 0 Å². The van der Waals surface area contributed by atoms with Gasteiger partial charge in [-0.05, 0) is 94.0 Å². The molecule has 0 saturated heterocycles. The van der Waals surface area contributed by atoms with Crippen molar-refractivity contribution in [2.24, 2.45) is 0 Å². The SMILES string of the molecule is CC(C)N(c1ccc(-c2ccc3ccccc3c2)cc1)c1ccc(-c2ccc3ccccc3c2)cc1. The maximum atomic E-state index is 2.40. The Morgan fingerprint density at radius 1 is 0.389 bits per heavy atom. The largest absolute Gasteiger partial charge is 0.339 e. The second-order valence-electron chi connectivity index (χ2n) is 9.68. The zero-order valence-electron chi connectivity index (χ0n) is 20.7. The molecule has 0 saturated carbocycles. The molecule has 0 spiro atoms. The zero-order chi connectivity index (χ0) is 24.5. The van der Waals surface area contributed by atoms with E-state index < -0.39 is 0 Å². The first-order valence-corrected chi connectivity index (χ1v) is 12.6. The molecule has 0 aliphatic carbocycles. The van der Waals surface area contributed by atoms with Crippen LogP contribution in [-0.2, 0) is 0 Å². The average Bonchev–Trinajstić information content (AvgIpc) is 2.93. The molecule has 0 radical (unpaired) electrons. The summed E-state index contributed by atoms with van der Waals surface area (Å²) in [7, 11) is 0. The molecule has 6 rings (SSSR count). The number of benzene rings is 6. The van der Waals surface area contributed by atoms with Crippen molar-refractivity contribution in [3.8, 4) is 22.3 Å². The fourth-order valence-corrected chi connectivity index (χ4v) is 5.11. The van der Waals surface area contributed by atoms with Crippen molar-refractivity contribution in [3.05, 3.63) is 133 Å². The summed E-state index contributed by atoms with van der Waals surface area (Å²) in [6.45, 7) is 4.49. The van der Waals surface area contributed by atoms with Crippen LogP contribution in [0.4, 0.5) is 11.4 Å². The van der Waals surface area contributed by atoms with Crippen LogP contribution in [0.1, 0.15) is 13.8 Å². The van der Waals surface area contributed by atoms with E-state index >= 15 is 0 Å². The van der Waals surface area contributed by atoms with Gasteiger partial charge in [-0.25, -0.2) is 0 Å². The molecule has 0 N–H and O–H groups in total. The minimum atomic E-state index is 0.336. The van der Waals surface area contributed by atoms with Crippen LogP contribution in [0.15, 0.2) is 133 Å². The summed E-state index contributed by atoms with van der Waals surface area (Å²) < 4.78 is 0. The summed E-state index contributed by atoms with van der Waals surface area (Å²) in [6, 6.07) is 48.7. The Hall–Kier alpha value is -4.36. The Labute approximate surface area is 213 Å². The van der Waals surface area contributed by atoms with Gasteiger partial charge >= 0.3 is 0 Å². The summed E-state index contributed by atoms with van der Waals surface area (Å²) in [4.78, 5) is 2.40. The van der Waals surface area contributed by atoms with Crippen LogP contribution in [0, 0.1) is 0 Å². The summed E-state index contributed by atoms with van der Waals surface area (Å²) in [5.74, 6) is 0. The van der Waals surface area contributed by atoms with Crippen molar-refractivity contribution in [3.63, 3.8) is 0 Å². The number of hydrogen-bond donors (Lipinski definition) is 0. The number of rotatable bonds is 5. The van der Waals surface area contributed by atoms with Gasteiger partial charge in [-0.15, -0.1) is 0 Å². The van der Waals surface area contributed by atoms with Gasteiger partial charge in [-0.2, -0.15) is 0 Å². The fourth-order valence-electron chi connectivity index (χ4n) is 5.11. The van der Waals surface area contributed by atoms with Crippen molar-refractivity contribution in [2.75, 3.05) is 4.90 Å². The van der Waals surface area contributed by atoms with E-state index in [2.05, 4.69) is 152 Å². The molecule has 0 amide bonds. The van der Waals surface area contributed by atoms with Crippen LogP contribution in [0.2, 0.25) is 0 Å². The van der Waals surface area contributed by atoms with Crippen molar-refractivity contribution >= 4 is 32.9 Å². The fraction of sp³-hybridized carbons (Fsp3) is 0.0857. The molecule has 0 aliphatic heterocycles. The second-order valence-corrected chi connectivity index (χ2v) is 9.68. The van der Waals surface area contributed by atoms with E-state index in [9.17, 15) is 0 Å². The second kappa shape index (κ2) is 9.36. The molecule has 1 nitrogen and oxygen atoms in total. The van der Waals surface area contributed by atoms with Crippen molar-refractivity contribution in [1.29, 1.82) is 0 Å². The van der Waals surface area contributed by atoms with Gasteiger partial charge in [0, 0.05) is 17.4 Å². The van der Waals surface area contributed by atoms with Gasteiger partial charge in [-0.3, -0.25) is 0 Å². The molecule has 36 heavy (non-hydrogen) atoms. The normalized spacial score (nSPS) is 11.3. The molecule has 1 heteroatoms. The van der Waals surface area contributed by atoms with E-state index in [4.69, 9.17) is 0 Å². The van der Waals surface area contributed by atoms with E-state index in [1.807, 2.05) is 0 Å². The molecule has 6 aromatic rings.